The Morgan fingerprint density at radius 2 is 1.77 bits per heavy atom. The molecule has 1 aliphatic heterocycles. The number of rotatable bonds is 10. The Hall–Kier alpha value is -4.08. The maximum absolute atomic E-state index is 13.5. The maximum Gasteiger partial charge on any atom is 0.319 e. The third kappa shape index (κ3) is 9.20. The van der Waals surface area contributed by atoms with Gasteiger partial charge in [0.15, 0.2) is 0 Å². The van der Waals surface area contributed by atoms with Crippen LogP contribution in [0.3, 0.4) is 0 Å². The van der Waals surface area contributed by atoms with E-state index in [9.17, 15) is 14.7 Å². The number of likely N-dealkylation sites (N-methyl/N-ethyl adjacent to an activating group) is 1. The van der Waals surface area contributed by atoms with Gasteiger partial charge in [0.05, 0.1) is 19.1 Å². The predicted molar refractivity (Wildman–Crippen MR) is 169 cm³/mol. The molecule has 3 amide bonds. The van der Waals surface area contributed by atoms with E-state index >= 15 is 0 Å². The summed E-state index contributed by atoms with van der Waals surface area (Å²) in [5.74, 6) is 2.09. The van der Waals surface area contributed by atoms with E-state index in [-0.39, 0.29) is 49.1 Å². The second-order valence-electron chi connectivity index (χ2n) is 11.7. The highest BCUT2D eigenvalue weighted by molar-refractivity contribution is 5.90. The number of urea groups is 1. The summed E-state index contributed by atoms with van der Waals surface area (Å²) in [5.41, 5.74) is 2.41. The van der Waals surface area contributed by atoms with Crippen LogP contribution in [0, 0.1) is 5.92 Å². The summed E-state index contributed by atoms with van der Waals surface area (Å²) in [6.07, 6.45) is -0.125. The minimum Gasteiger partial charge on any atom is -0.488 e. The standard InChI is InChI=1S/C34H44N4O5/c1-23(2)35-34(41)36-28-13-16-31-27(17-28)18-33(40)38(25(4)22-39)19-24(3)32(43-31)21-37(5)20-26-11-14-30(15-12-26)42-29-9-7-6-8-10-29/h6-17,23-25,32,39H,18-22H2,1-5H3,(H2,35,36,41)/t24-,25-,32-/m0/s1. The van der Waals surface area contributed by atoms with Gasteiger partial charge in [-0.1, -0.05) is 37.3 Å². The molecule has 0 unspecified atom stereocenters. The van der Waals surface area contributed by atoms with Crippen molar-refractivity contribution in [2.24, 2.45) is 5.92 Å². The number of carbonyl (C=O) groups excluding carboxylic acids is 2. The first-order chi connectivity index (χ1) is 20.6. The summed E-state index contributed by atoms with van der Waals surface area (Å²) >= 11 is 0. The summed E-state index contributed by atoms with van der Waals surface area (Å²) in [7, 11) is 2.05. The van der Waals surface area contributed by atoms with E-state index in [1.807, 2.05) is 69.3 Å². The summed E-state index contributed by atoms with van der Waals surface area (Å²) < 4.78 is 12.6. The van der Waals surface area contributed by atoms with Crippen molar-refractivity contribution < 1.29 is 24.2 Å². The van der Waals surface area contributed by atoms with Gasteiger partial charge in [0, 0.05) is 42.8 Å². The molecule has 0 aromatic heterocycles. The molecule has 0 spiro atoms. The summed E-state index contributed by atoms with van der Waals surface area (Å²) in [6.45, 7) is 9.37. The number of benzene rings is 3. The van der Waals surface area contributed by atoms with Gasteiger partial charge in [-0.25, -0.2) is 4.79 Å². The molecule has 1 aliphatic rings. The second-order valence-corrected chi connectivity index (χ2v) is 11.7. The number of para-hydroxylation sites is 1. The number of hydrogen-bond donors (Lipinski definition) is 3. The zero-order chi connectivity index (χ0) is 30.9. The van der Waals surface area contributed by atoms with Gasteiger partial charge in [0.1, 0.15) is 23.4 Å². The van der Waals surface area contributed by atoms with Gasteiger partial charge in [0.2, 0.25) is 5.91 Å². The average molecular weight is 589 g/mol. The van der Waals surface area contributed by atoms with Gasteiger partial charge < -0.3 is 30.1 Å². The van der Waals surface area contributed by atoms with Crippen LogP contribution >= 0.6 is 0 Å². The van der Waals surface area contributed by atoms with Crippen molar-refractivity contribution in [3.05, 3.63) is 83.9 Å². The number of amides is 3. The summed E-state index contributed by atoms with van der Waals surface area (Å²) in [5, 5.41) is 15.6. The van der Waals surface area contributed by atoms with Crippen molar-refractivity contribution in [1.29, 1.82) is 0 Å². The van der Waals surface area contributed by atoms with Crippen LogP contribution in [-0.2, 0) is 17.8 Å². The number of carbonyl (C=O) groups is 2. The summed E-state index contributed by atoms with van der Waals surface area (Å²) in [4.78, 5) is 29.7. The zero-order valence-electron chi connectivity index (χ0n) is 25.7. The third-order valence-corrected chi connectivity index (χ3v) is 7.44. The molecule has 230 valence electrons. The lowest BCUT2D eigenvalue weighted by molar-refractivity contribution is -0.134. The first-order valence-electron chi connectivity index (χ1n) is 14.9. The molecule has 9 heteroatoms. The van der Waals surface area contributed by atoms with Gasteiger partial charge in [-0.15, -0.1) is 0 Å². The first-order valence-corrected chi connectivity index (χ1v) is 14.9. The molecule has 1 heterocycles. The van der Waals surface area contributed by atoms with Crippen LogP contribution < -0.4 is 20.1 Å². The zero-order valence-corrected chi connectivity index (χ0v) is 25.7. The molecular formula is C34H44N4O5. The van der Waals surface area contributed by atoms with Gasteiger partial charge in [0.25, 0.3) is 0 Å². The normalized spacial score (nSPS) is 17.8. The average Bonchev–Trinajstić information content (AvgIpc) is 3.01. The number of nitrogens with one attached hydrogen (secondary N) is 2. The highest BCUT2D eigenvalue weighted by Crippen LogP contribution is 2.29. The number of anilines is 1. The SMILES string of the molecule is CC(C)NC(=O)Nc1ccc2c(c1)CC(=O)N([C@@H](C)CO)C[C@H](C)[C@H](CN(C)Cc1ccc(Oc3ccccc3)cc1)O2. The fourth-order valence-electron chi connectivity index (χ4n) is 5.13. The molecule has 4 rings (SSSR count). The molecule has 0 aliphatic carbocycles. The van der Waals surface area contributed by atoms with Crippen molar-refractivity contribution in [3.63, 3.8) is 0 Å². The lowest BCUT2D eigenvalue weighted by Crippen LogP contribution is -2.47. The Bertz CT molecular complexity index is 1350. The number of aliphatic hydroxyl groups excluding tert-OH is 1. The molecule has 43 heavy (non-hydrogen) atoms. The van der Waals surface area contributed by atoms with Crippen LogP contribution in [0.1, 0.15) is 38.8 Å². The smallest absolute Gasteiger partial charge is 0.319 e. The van der Waals surface area contributed by atoms with Crippen molar-refractivity contribution in [2.75, 3.05) is 32.1 Å². The van der Waals surface area contributed by atoms with Crippen LogP contribution in [0.2, 0.25) is 0 Å². The quantitative estimate of drug-likeness (QED) is 0.298. The lowest BCUT2D eigenvalue weighted by atomic mass is 10.0. The first kappa shape index (κ1) is 31.8. The van der Waals surface area contributed by atoms with Crippen molar-refractivity contribution in [2.45, 2.75) is 58.8 Å². The predicted octanol–water partition coefficient (Wildman–Crippen LogP) is 5.29. The molecule has 0 fully saturated rings. The van der Waals surface area contributed by atoms with Crippen LogP contribution in [0.15, 0.2) is 72.8 Å². The van der Waals surface area contributed by atoms with Crippen molar-refractivity contribution in [3.8, 4) is 17.2 Å². The largest absolute Gasteiger partial charge is 0.488 e. The van der Waals surface area contributed by atoms with E-state index in [4.69, 9.17) is 9.47 Å². The molecular weight excluding hydrogens is 544 g/mol. The van der Waals surface area contributed by atoms with E-state index in [0.29, 0.717) is 36.6 Å². The maximum atomic E-state index is 13.5. The molecule has 3 atom stereocenters. The summed E-state index contributed by atoms with van der Waals surface area (Å²) in [6, 6.07) is 22.5. The monoisotopic (exact) mass is 588 g/mol. The van der Waals surface area contributed by atoms with Crippen LogP contribution in [0.4, 0.5) is 10.5 Å². The fourth-order valence-corrected chi connectivity index (χ4v) is 5.13. The number of nitrogens with zero attached hydrogens (tertiary/aromatic N) is 2. The molecule has 0 saturated carbocycles. The molecule has 3 aromatic rings. The molecule has 9 nitrogen and oxygen atoms in total. The third-order valence-electron chi connectivity index (χ3n) is 7.44. The second kappa shape index (κ2) is 14.9. The number of ether oxygens (including phenoxy) is 2. The van der Waals surface area contributed by atoms with Crippen LogP contribution in [0.5, 0.6) is 17.2 Å². The van der Waals surface area contributed by atoms with Crippen molar-refractivity contribution >= 4 is 17.6 Å². The Morgan fingerprint density at radius 3 is 2.44 bits per heavy atom. The molecule has 0 bridgehead atoms. The Morgan fingerprint density at radius 1 is 1.07 bits per heavy atom. The highest BCUT2D eigenvalue weighted by Gasteiger charge is 2.31. The van der Waals surface area contributed by atoms with E-state index in [1.165, 1.54) is 0 Å². The van der Waals surface area contributed by atoms with Crippen LogP contribution in [-0.4, -0.2) is 71.8 Å². The number of fused-ring (bicyclic) bond motifs is 1. The topological polar surface area (TPSA) is 103 Å². The highest BCUT2D eigenvalue weighted by atomic mass is 16.5. The fraction of sp³-hybridized carbons (Fsp3) is 0.412. The van der Waals surface area contributed by atoms with Gasteiger partial charge in [-0.2, -0.15) is 0 Å². The van der Waals surface area contributed by atoms with E-state index in [0.717, 1.165) is 17.1 Å². The molecule has 0 radical (unpaired) electrons. The van der Waals surface area contributed by atoms with E-state index in [2.05, 4.69) is 41.6 Å². The molecule has 3 aromatic carbocycles. The number of aliphatic hydroxyl groups is 1. The molecule has 3 N–H and O–H groups in total. The lowest BCUT2D eigenvalue weighted by Gasteiger charge is -2.34. The van der Waals surface area contributed by atoms with Gasteiger partial charge in [-0.05, 0) is 75.8 Å². The van der Waals surface area contributed by atoms with Crippen LogP contribution in [0.25, 0.3) is 0 Å². The Kier molecular flexibility index (Phi) is 11.0. The van der Waals surface area contributed by atoms with Gasteiger partial charge >= 0.3 is 6.03 Å². The molecule has 0 saturated heterocycles. The Labute approximate surface area is 254 Å². The van der Waals surface area contributed by atoms with E-state index < -0.39 is 0 Å². The van der Waals surface area contributed by atoms with Crippen molar-refractivity contribution in [1.82, 2.24) is 15.1 Å². The van der Waals surface area contributed by atoms with Gasteiger partial charge in [-0.3, -0.25) is 9.69 Å². The Balaban J connectivity index is 1.50. The minimum absolute atomic E-state index is 0.00825. The minimum atomic E-state index is -0.329. The van der Waals surface area contributed by atoms with E-state index in [1.54, 1.807) is 17.0 Å². The number of hydrogen-bond acceptors (Lipinski definition) is 6.